The number of rotatable bonds is 4. The molecule has 0 bridgehead atoms. The second-order valence-corrected chi connectivity index (χ2v) is 9.24. The molecule has 5 rings (SSSR count). The molecule has 1 aliphatic carbocycles. The number of alkyl halides is 3. The molecule has 3 heterocycles. The summed E-state index contributed by atoms with van der Waals surface area (Å²) in [5.74, 6) is -0.509. The molecule has 1 aromatic carbocycles. The summed E-state index contributed by atoms with van der Waals surface area (Å²) >= 11 is 0. The molecular formula is C26H23F4N5O. The predicted molar refractivity (Wildman–Crippen MR) is 125 cm³/mol. The first-order valence-corrected chi connectivity index (χ1v) is 11.6. The first-order valence-electron chi connectivity index (χ1n) is 11.6. The van der Waals surface area contributed by atoms with Gasteiger partial charge in [0.05, 0.1) is 17.9 Å². The SMILES string of the molecule is Cc1cnc2cc([C@@H]3CCC(c4c(C)cccc4F)C3)c(=O)n(Cc3nccnc3C(F)(F)F)c2n1. The largest absolute Gasteiger partial charge is 0.435 e. The van der Waals surface area contributed by atoms with Crippen molar-refractivity contribution in [2.45, 2.75) is 57.7 Å². The Balaban J connectivity index is 1.60. The smallest absolute Gasteiger partial charge is 0.285 e. The molecule has 1 saturated carbocycles. The topological polar surface area (TPSA) is 73.6 Å². The van der Waals surface area contributed by atoms with Crippen molar-refractivity contribution in [1.82, 2.24) is 24.5 Å². The van der Waals surface area contributed by atoms with Gasteiger partial charge in [0.1, 0.15) is 11.3 Å². The average Bonchev–Trinajstić information content (AvgIpc) is 3.30. The van der Waals surface area contributed by atoms with Crippen LogP contribution in [0.3, 0.4) is 0 Å². The summed E-state index contributed by atoms with van der Waals surface area (Å²) < 4.78 is 56.5. The van der Waals surface area contributed by atoms with E-state index in [9.17, 15) is 22.4 Å². The second-order valence-electron chi connectivity index (χ2n) is 9.24. The molecule has 0 saturated heterocycles. The van der Waals surface area contributed by atoms with Gasteiger partial charge in [-0.15, -0.1) is 0 Å². The molecule has 0 spiro atoms. The van der Waals surface area contributed by atoms with Crippen LogP contribution in [0.2, 0.25) is 0 Å². The molecule has 0 N–H and O–H groups in total. The lowest BCUT2D eigenvalue weighted by atomic mass is 9.90. The fourth-order valence-corrected chi connectivity index (χ4v) is 5.23. The maximum atomic E-state index is 14.6. The molecule has 4 aromatic rings. The molecule has 36 heavy (non-hydrogen) atoms. The number of hydrogen-bond donors (Lipinski definition) is 0. The van der Waals surface area contributed by atoms with Crippen molar-refractivity contribution in [3.05, 3.63) is 92.8 Å². The lowest BCUT2D eigenvalue weighted by molar-refractivity contribution is -0.142. The van der Waals surface area contributed by atoms with Crippen LogP contribution in [0.25, 0.3) is 11.2 Å². The summed E-state index contributed by atoms with van der Waals surface area (Å²) in [7, 11) is 0. The van der Waals surface area contributed by atoms with Crippen LogP contribution in [0.15, 0.2) is 47.7 Å². The van der Waals surface area contributed by atoms with Crippen LogP contribution in [-0.4, -0.2) is 24.5 Å². The molecule has 2 atom stereocenters. The van der Waals surface area contributed by atoms with Crippen LogP contribution in [0.5, 0.6) is 0 Å². The van der Waals surface area contributed by atoms with Crippen molar-refractivity contribution in [2.75, 3.05) is 0 Å². The van der Waals surface area contributed by atoms with Gasteiger partial charge in [-0.2, -0.15) is 13.2 Å². The molecule has 0 radical (unpaired) electrons. The highest BCUT2D eigenvalue weighted by Gasteiger charge is 2.37. The molecule has 6 nitrogen and oxygen atoms in total. The van der Waals surface area contributed by atoms with Crippen LogP contribution in [0.4, 0.5) is 17.6 Å². The minimum absolute atomic E-state index is 0.0549. The normalized spacial score (nSPS) is 18.2. The zero-order valence-corrected chi connectivity index (χ0v) is 19.7. The number of pyridine rings is 1. The van der Waals surface area contributed by atoms with Gasteiger partial charge in [0.2, 0.25) is 0 Å². The van der Waals surface area contributed by atoms with Crippen molar-refractivity contribution in [3.8, 4) is 0 Å². The minimum atomic E-state index is -4.72. The van der Waals surface area contributed by atoms with Crippen molar-refractivity contribution >= 4 is 11.2 Å². The van der Waals surface area contributed by atoms with Gasteiger partial charge in [0.25, 0.3) is 5.56 Å². The highest BCUT2D eigenvalue weighted by Crippen LogP contribution is 2.44. The van der Waals surface area contributed by atoms with E-state index >= 15 is 0 Å². The van der Waals surface area contributed by atoms with Crippen molar-refractivity contribution in [3.63, 3.8) is 0 Å². The fourth-order valence-electron chi connectivity index (χ4n) is 5.23. The van der Waals surface area contributed by atoms with Crippen LogP contribution in [-0.2, 0) is 12.7 Å². The molecular weight excluding hydrogens is 474 g/mol. The Morgan fingerprint density at radius 3 is 2.56 bits per heavy atom. The number of aromatic nitrogens is 5. The molecule has 0 amide bonds. The van der Waals surface area contributed by atoms with Crippen LogP contribution < -0.4 is 5.56 Å². The molecule has 1 fully saturated rings. The summed E-state index contributed by atoms with van der Waals surface area (Å²) in [6.07, 6.45) is 0.862. The van der Waals surface area contributed by atoms with Gasteiger partial charge in [-0.1, -0.05) is 12.1 Å². The van der Waals surface area contributed by atoms with Gasteiger partial charge in [-0.05, 0) is 68.2 Å². The number of hydrogen-bond acceptors (Lipinski definition) is 5. The zero-order chi connectivity index (χ0) is 25.6. The van der Waals surface area contributed by atoms with Crippen LogP contribution >= 0.6 is 0 Å². The first kappa shape index (κ1) is 24.0. The third kappa shape index (κ3) is 4.36. The number of nitrogens with zero attached hydrogens (tertiary/aromatic N) is 5. The Morgan fingerprint density at radius 1 is 1.06 bits per heavy atom. The molecule has 186 valence electrons. The van der Waals surface area contributed by atoms with E-state index in [0.29, 0.717) is 41.6 Å². The lowest BCUT2D eigenvalue weighted by Crippen LogP contribution is -2.28. The summed E-state index contributed by atoms with van der Waals surface area (Å²) in [5.41, 5.74) is 1.10. The minimum Gasteiger partial charge on any atom is -0.285 e. The zero-order valence-electron chi connectivity index (χ0n) is 19.7. The highest BCUT2D eigenvalue weighted by molar-refractivity contribution is 5.71. The first-order chi connectivity index (χ1) is 17.1. The predicted octanol–water partition coefficient (Wildman–Crippen LogP) is 5.46. The van der Waals surface area contributed by atoms with E-state index in [1.165, 1.54) is 10.6 Å². The Morgan fingerprint density at radius 2 is 1.81 bits per heavy atom. The average molecular weight is 497 g/mol. The van der Waals surface area contributed by atoms with Gasteiger partial charge in [0, 0.05) is 24.2 Å². The van der Waals surface area contributed by atoms with E-state index in [1.807, 2.05) is 13.0 Å². The van der Waals surface area contributed by atoms with E-state index < -0.39 is 24.0 Å². The molecule has 1 unspecified atom stereocenters. The van der Waals surface area contributed by atoms with Crippen molar-refractivity contribution < 1.29 is 17.6 Å². The van der Waals surface area contributed by atoms with Gasteiger partial charge in [-0.25, -0.2) is 14.4 Å². The lowest BCUT2D eigenvalue weighted by Gasteiger charge is -2.18. The summed E-state index contributed by atoms with van der Waals surface area (Å²) in [5, 5.41) is 0. The van der Waals surface area contributed by atoms with E-state index in [-0.39, 0.29) is 29.0 Å². The Bertz CT molecular complexity index is 1490. The monoisotopic (exact) mass is 497 g/mol. The molecule has 3 aromatic heterocycles. The molecule has 0 aliphatic heterocycles. The summed E-state index contributed by atoms with van der Waals surface area (Å²) in [6, 6.07) is 6.65. The summed E-state index contributed by atoms with van der Waals surface area (Å²) in [6.45, 7) is 3.11. The standard InChI is InChI=1S/C26H23F4N5O/c1-14-4-3-5-19(27)22(14)17-7-6-16(10-17)18-11-20-24(34-15(2)12-33-20)35(25(18)36)13-21-23(26(28,29)30)32-9-8-31-21/h3-5,8-9,11-12,16-17H,6-7,10,13H2,1-2H3/t16-,17?/m1/s1. The van der Waals surface area contributed by atoms with E-state index in [1.54, 1.807) is 25.3 Å². The summed E-state index contributed by atoms with van der Waals surface area (Å²) in [4.78, 5) is 29.8. The molecule has 1 aliphatic rings. The number of halogens is 4. The maximum Gasteiger partial charge on any atom is 0.435 e. The van der Waals surface area contributed by atoms with Gasteiger partial charge in [0.15, 0.2) is 11.3 Å². The quantitative estimate of drug-likeness (QED) is 0.350. The third-order valence-electron chi connectivity index (χ3n) is 6.84. The van der Waals surface area contributed by atoms with Gasteiger partial charge in [-0.3, -0.25) is 19.3 Å². The number of benzene rings is 1. The number of aryl methyl sites for hydroxylation is 2. The fraction of sp³-hybridized carbons (Fsp3) is 0.346. The van der Waals surface area contributed by atoms with Crippen molar-refractivity contribution in [1.29, 1.82) is 0 Å². The van der Waals surface area contributed by atoms with Crippen molar-refractivity contribution in [2.24, 2.45) is 0 Å². The number of fused-ring (bicyclic) bond motifs is 1. The Hall–Kier alpha value is -3.69. The van der Waals surface area contributed by atoms with E-state index in [2.05, 4.69) is 19.9 Å². The molecule has 10 heteroatoms. The van der Waals surface area contributed by atoms with Crippen LogP contribution in [0.1, 0.15) is 64.9 Å². The highest BCUT2D eigenvalue weighted by atomic mass is 19.4. The third-order valence-corrected chi connectivity index (χ3v) is 6.84. The Kier molecular flexibility index (Phi) is 6.05. The second kappa shape index (κ2) is 9.07. The van der Waals surface area contributed by atoms with Gasteiger partial charge >= 0.3 is 6.18 Å². The van der Waals surface area contributed by atoms with Crippen LogP contribution in [0, 0.1) is 19.7 Å². The maximum absolute atomic E-state index is 14.6. The Labute approximate surface area is 204 Å². The van der Waals surface area contributed by atoms with Gasteiger partial charge < -0.3 is 0 Å². The van der Waals surface area contributed by atoms with E-state index in [0.717, 1.165) is 18.0 Å². The van der Waals surface area contributed by atoms with E-state index in [4.69, 9.17) is 0 Å².